The fourth-order valence-electron chi connectivity index (χ4n) is 1.51. The van der Waals surface area contributed by atoms with Gasteiger partial charge in [-0.05, 0) is 19.3 Å². The van der Waals surface area contributed by atoms with Crippen LogP contribution in [0.2, 0.25) is 0 Å². The SMILES string of the molecule is C=CCCCCCCCCC(=O)OC(F)(F)CF. The third-order valence-electron chi connectivity index (χ3n) is 2.46. The normalized spacial score (nSPS) is 11.3. The van der Waals surface area contributed by atoms with Crippen molar-refractivity contribution in [3.63, 3.8) is 0 Å². The molecule has 0 atom stereocenters. The van der Waals surface area contributed by atoms with Crippen molar-refractivity contribution in [1.82, 2.24) is 0 Å². The van der Waals surface area contributed by atoms with Gasteiger partial charge in [-0.25, -0.2) is 4.39 Å². The third kappa shape index (κ3) is 10.2. The molecule has 18 heavy (non-hydrogen) atoms. The molecule has 0 aliphatic rings. The number of allylic oxidation sites excluding steroid dienone is 1. The summed E-state index contributed by atoms with van der Waals surface area (Å²) in [6, 6.07) is 0. The maximum Gasteiger partial charge on any atom is 0.429 e. The van der Waals surface area contributed by atoms with Crippen LogP contribution in [-0.4, -0.2) is 18.8 Å². The fourth-order valence-corrected chi connectivity index (χ4v) is 1.51. The Balaban J connectivity index is 3.38. The van der Waals surface area contributed by atoms with E-state index in [1.54, 1.807) is 0 Å². The van der Waals surface area contributed by atoms with E-state index in [0.717, 1.165) is 38.5 Å². The van der Waals surface area contributed by atoms with E-state index in [-0.39, 0.29) is 6.42 Å². The summed E-state index contributed by atoms with van der Waals surface area (Å²) in [5.74, 6) is -1.04. The second kappa shape index (κ2) is 9.97. The van der Waals surface area contributed by atoms with Gasteiger partial charge in [0.15, 0.2) is 6.67 Å². The van der Waals surface area contributed by atoms with Crippen molar-refractivity contribution in [2.45, 2.75) is 57.5 Å². The van der Waals surface area contributed by atoms with Gasteiger partial charge in [-0.2, -0.15) is 8.78 Å². The molecule has 0 aliphatic carbocycles. The third-order valence-corrected chi connectivity index (χ3v) is 2.46. The smallest absolute Gasteiger partial charge is 0.399 e. The monoisotopic (exact) mass is 266 g/mol. The Morgan fingerprint density at radius 3 is 2.22 bits per heavy atom. The van der Waals surface area contributed by atoms with E-state index in [1.807, 2.05) is 6.08 Å². The molecule has 0 amide bonds. The van der Waals surface area contributed by atoms with Crippen LogP contribution in [-0.2, 0) is 9.53 Å². The second-order valence-corrected chi connectivity index (χ2v) is 4.19. The standard InChI is InChI=1S/C13H21F3O2/c1-2-3-4-5-6-7-8-9-10-12(17)18-13(15,16)11-14/h2H,1,3-11H2. The van der Waals surface area contributed by atoms with Crippen LogP contribution >= 0.6 is 0 Å². The van der Waals surface area contributed by atoms with Gasteiger partial charge in [-0.3, -0.25) is 4.79 Å². The number of ether oxygens (including phenoxy) is 1. The molecule has 0 fully saturated rings. The molecule has 106 valence electrons. The highest BCUT2D eigenvalue weighted by molar-refractivity contribution is 5.69. The van der Waals surface area contributed by atoms with Crippen LogP contribution in [0.3, 0.4) is 0 Å². The molecule has 5 heteroatoms. The van der Waals surface area contributed by atoms with E-state index in [2.05, 4.69) is 11.3 Å². The molecule has 0 bridgehead atoms. The lowest BCUT2D eigenvalue weighted by molar-refractivity contribution is -0.238. The molecule has 0 saturated heterocycles. The zero-order valence-electron chi connectivity index (χ0n) is 10.6. The van der Waals surface area contributed by atoms with E-state index in [1.165, 1.54) is 0 Å². The van der Waals surface area contributed by atoms with Crippen LogP contribution in [0.25, 0.3) is 0 Å². The van der Waals surface area contributed by atoms with Crippen molar-refractivity contribution >= 4 is 5.97 Å². The average molecular weight is 266 g/mol. The number of esters is 1. The summed E-state index contributed by atoms with van der Waals surface area (Å²) in [5, 5.41) is 0. The van der Waals surface area contributed by atoms with Crippen molar-refractivity contribution in [1.29, 1.82) is 0 Å². The van der Waals surface area contributed by atoms with E-state index in [4.69, 9.17) is 0 Å². The van der Waals surface area contributed by atoms with Gasteiger partial charge in [0.25, 0.3) is 0 Å². The van der Waals surface area contributed by atoms with Crippen molar-refractivity contribution in [3.05, 3.63) is 12.7 Å². The Hall–Kier alpha value is -1.00. The molecule has 0 N–H and O–H groups in total. The second-order valence-electron chi connectivity index (χ2n) is 4.19. The van der Waals surface area contributed by atoms with Gasteiger partial charge in [-0.1, -0.05) is 31.8 Å². The van der Waals surface area contributed by atoms with Gasteiger partial charge in [0.05, 0.1) is 0 Å². The molecular formula is C13H21F3O2. The molecular weight excluding hydrogens is 245 g/mol. The molecule has 0 saturated carbocycles. The zero-order valence-corrected chi connectivity index (χ0v) is 10.6. The minimum atomic E-state index is -3.97. The molecule has 0 rings (SSSR count). The van der Waals surface area contributed by atoms with Gasteiger partial charge in [0.2, 0.25) is 0 Å². The van der Waals surface area contributed by atoms with E-state index >= 15 is 0 Å². The summed E-state index contributed by atoms with van der Waals surface area (Å²) in [6.07, 6.45) is 4.36. The molecule has 0 aliphatic heterocycles. The molecule has 2 nitrogen and oxygen atoms in total. The highest BCUT2D eigenvalue weighted by Crippen LogP contribution is 2.17. The lowest BCUT2D eigenvalue weighted by Gasteiger charge is -2.12. The van der Waals surface area contributed by atoms with Gasteiger partial charge in [-0.15, -0.1) is 6.58 Å². The Kier molecular flexibility index (Phi) is 9.42. The minimum absolute atomic E-state index is 0.0811. The Bertz CT molecular complexity index is 242. The Labute approximate surface area is 106 Å². The predicted octanol–water partition coefficient (Wildman–Crippen LogP) is 4.40. The summed E-state index contributed by atoms with van der Waals surface area (Å²) in [7, 11) is 0. The predicted molar refractivity (Wildman–Crippen MR) is 64.1 cm³/mol. The quantitative estimate of drug-likeness (QED) is 0.315. The first-order valence-corrected chi connectivity index (χ1v) is 6.28. The maximum atomic E-state index is 12.3. The molecule has 0 aromatic heterocycles. The first kappa shape index (κ1) is 17.0. The first-order chi connectivity index (χ1) is 8.52. The summed E-state index contributed by atoms with van der Waals surface area (Å²) in [4.78, 5) is 10.9. The zero-order chi connectivity index (χ0) is 13.9. The number of carbonyl (C=O) groups excluding carboxylic acids is 1. The number of alkyl halides is 3. The Morgan fingerprint density at radius 2 is 1.67 bits per heavy atom. The molecule has 0 aromatic rings. The number of hydrogen-bond donors (Lipinski definition) is 0. The number of carbonyl (C=O) groups is 1. The van der Waals surface area contributed by atoms with Crippen molar-refractivity contribution in [3.8, 4) is 0 Å². The minimum Gasteiger partial charge on any atom is -0.399 e. The number of unbranched alkanes of at least 4 members (excludes halogenated alkanes) is 6. The first-order valence-electron chi connectivity index (χ1n) is 6.28. The van der Waals surface area contributed by atoms with Crippen molar-refractivity contribution < 1.29 is 22.7 Å². The van der Waals surface area contributed by atoms with Crippen LogP contribution < -0.4 is 0 Å². The molecule has 0 aromatic carbocycles. The molecule has 0 heterocycles. The summed E-state index contributed by atoms with van der Waals surface area (Å²) < 4.78 is 40.0. The maximum absolute atomic E-state index is 12.3. The van der Waals surface area contributed by atoms with Crippen LogP contribution in [0.15, 0.2) is 12.7 Å². The Morgan fingerprint density at radius 1 is 1.11 bits per heavy atom. The van der Waals surface area contributed by atoms with Gasteiger partial charge >= 0.3 is 12.1 Å². The van der Waals surface area contributed by atoms with E-state index in [9.17, 15) is 18.0 Å². The highest BCUT2D eigenvalue weighted by atomic mass is 19.3. The van der Waals surface area contributed by atoms with Crippen LogP contribution in [0.1, 0.15) is 51.4 Å². The van der Waals surface area contributed by atoms with Gasteiger partial charge < -0.3 is 4.74 Å². The largest absolute Gasteiger partial charge is 0.429 e. The summed E-state index contributed by atoms with van der Waals surface area (Å²) in [5.41, 5.74) is 0. The van der Waals surface area contributed by atoms with Crippen LogP contribution in [0, 0.1) is 0 Å². The van der Waals surface area contributed by atoms with Gasteiger partial charge in [0.1, 0.15) is 0 Å². The fraction of sp³-hybridized carbons (Fsp3) is 0.769. The van der Waals surface area contributed by atoms with E-state index < -0.39 is 18.8 Å². The highest BCUT2D eigenvalue weighted by Gasteiger charge is 2.33. The number of halogens is 3. The van der Waals surface area contributed by atoms with E-state index in [0.29, 0.717) is 6.42 Å². The van der Waals surface area contributed by atoms with Crippen molar-refractivity contribution in [2.75, 3.05) is 6.67 Å². The number of rotatable bonds is 11. The topological polar surface area (TPSA) is 26.3 Å². The molecule has 0 unspecified atom stereocenters. The number of hydrogen-bond acceptors (Lipinski definition) is 2. The lowest BCUT2D eigenvalue weighted by atomic mass is 10.1. The summed E-state index contributed by atoms with van der Waals surface area (Å²) in [6.45, 7) is 1.65. The van der Waals surface area contributed by atoms with Crippen molar-refractivity contribution in [2.24, 2.45) is 0 Å². The van der Waals surface area contributed by atoms with Crippen LogP contribution in [0.4, 0.5) is 13.2 Å². The van der Waals surface area contributed by atoms with Gasteiger partial charge in [0, 0.05) is 6.42 Å². The summed E-state index contributed by atoms with van der Waals surface area (Å²) >= 11 is 0. The molecule has 0 spiro atoms. The van der Waals surface area contributed by atoms with Crippen LogP contribution in [0.5, 0.6) is 0 Å². The lowest BCUT2D eigenvalue weighted by Crippen LogP contribution is -2.27. The molecule has 0 radical (unpaired) electrons. The average Bonchev–Trinajstić information content (AvgIpc) is 2.32.